The lowest BCUT2D eigenvalue weighted by atomic mass is 10.1. The largest absolute Gasteiger partial charge is 0.487 e. The maximum Gasteiger partial charge on any atom is 0.130 e. The average Bonchev–Trinajstić information content (AvgIpc) is 3.16. The summed E-state index contributed by atoms with van der Waals surface area (Å²) in [6.45, 7) is 4.30. The van der Waals surface area contributed by atoms with Crippen molar-refractivity contribution in [1.29, 1.82) is 0 Å². The molecule has 2 aromatic rings. The highest BCUT2D eigenvalue weighted by Crippen LogP contribution is 2.35. The summed E-state index contributed by atoms with van der Waals surface area (Å²) in [7, 11) is 0. The van der Waals surface area contributed by atoms with Crippen molar-refractivity contribution in [2.45, 2.75) is 45.4 Å². The number of hydrogen-bond donors (Lipinski definition) is 1. The summed E-state index contributed by atoms with van der Waals surface area (Å²) in [6.07, 6.45) is 5.80. The van der Waals surface area contributed by atoms with Gasteiger partial charge >= 0.3 is 0 Å². The smallest absolute Gasteiger partial charge is 0.130 e. The zero-order chi connectivity index (χ0) is 14.1. The number of ether oxygens (including phenoxy) is 1. The molecule has 20 heavy (non-hydrogen) atoms. The van der Waals surface area contributed by atoms with E-state index in [1.54, 1.807) is 6.92 Å². The SMILES string of the molecule is Cc1cc(C(C)O)ccc1OCc1cncn1C1CC1. The average molecular weight is 272 g/mol. The van der Waals surface area contributed by atoms with Gasteiger partial charge in [0.05, 0.1) is 24.3 Å². The second kappa shape index (κ2) is 5.29. The van der Waals surface area contributed by atoms with Crippen LogP contribution in [0.15, 0.2) is 30.7 Å². The van der Waals surface area contributed by atoms with Crippen molar-refractivity contribution in [3.8, 4) is 5.75 Å². The van der Waals surface area contributed by atoms with Crippen LogP contribution in [0.2, 0.25) is 0 Å². The Morgan fingerprint density at radius 3 is 2.90 bits per heavy atom. The molecule has 0 bridgehead atoms. The summed E-state index contributed by atoms with van der Waals surface area (Å²) in [5, 5.41) is 9.57. The summed E-state index contributed by atoms with van der Waals surface area (Å²) in [4.78, 5) is 4.21. The first-order valence-corrected chi connectivity index (χ1v) is 7.07. The van der Waals surface area contributed by atoms with E-state index in [-0.39, 0.29) is 0 Å². The lowest BCUT2D eigenvalue weighted by Gasteiger charge is -2.13. The molecule has 1 saturated carbocycles. The summed E-state index contributed by atoms with van der Waals surface area (Å²) < 4.78 is 8.10. The Bertz CT molecular complexity index is 600. The number of hydrogen-bond acceptors (Lipinski definition) is 3. The normalized spacial score (nSPS) is 16.1. The summed E-state index contributed by atoms with van der Waals surface area (Å²) in [5.41, 5.74) is 3.07. The number of imidazole rings is 1. The minimum atomic E-state index is -0.445. The molecular formula is C16H20N2O2. The molecule has 0 spiro atoms. The van der Waals surface area contributed by atoms with Crippen LogP contribution in [-0.2, 0) is 6.61 Å². The summed E-state index contributed by atoms with van der Waals surface area (Å²) >= 11 is 0. The van der Waals surface area contributed by atoms with Crippen LogP contribution >= 0.6 is 0 Å². The molecular weight excluding hydrogens is 252 g/mol. The van der Waals surface area contributed by atoms with Crippen molar-refractivity contribution in [2.75, 3.05) is 0 Å². The quantitative estimate of drug-likeness (QED) is 0.909. The molecule has 4 nitrogen and oxygen atoms in total. The minimum absolute atomic E-state index is 0.445. The van der Waals surface area contributed by atoms with E-state index in [0.29, 0.717) is 12.6 Å². The monoisotopic (exact) mass is 272 g/mol. The lowest BCUT2D eigenvalue weighted by Crippen LogP contribution is -2.04. The van der Waals surface area contributed by atoms with Crippen molar-refractivity contribution < 1.29 is 9.84 Å². The highest BCUT2D eigenvalue weighted by atomic mass is 16.5. The predicted molar refractivity (Wildman–Crippen MR) is 76.6 cm³/mol. The van der Waals surface area contributed by atoms with Crippen molar-refractivity contribution in [2.24, 2.45) is 0 Å². The number of rotatable bonds is 5. The van der Waals surface area contributed by atoms with Gasteiger partial charge in [-0.05, 0) is 49.9 Å². The van der Waals surface area contributed by atoms with E-state index >= 15 is 0 Å². The van der Waals surface area contributed by atoms with E-state index in [0.717, 1.165) is 22.6 Å². The standard InChI is InChI=1S/C16H20N2O2/c1-11-7-13(12(2)19)3-6-16(11)20-9-15-8-17-10-18(15)14-4-5-14/h3,6-8,10,12,14,19H,4-5,9H2,1-2H3. The third kappa shape index (κ3) is 2.70. The van der Waals surface area contributed by atoms with Gasteiger partial charge in [0.25, 0.3) is 0 Å². The van der Waals surface area contributed by atoms with Crippen LogP contribution in [0.5, 0.6) is 5.75 Å². The molecule has 1 aliphatic carbocycles. The fourth-order valence-corrected chi connectivity index (χ4v) is 2.37. The molecule has 4 heteroatoms. The zero-order valence-electron chi connectivity index (χ0n) is 11.9. The van der Waals surface area contributed by atoms with E-state index in [4.69, 9.17) is 4.74 Å². The van der Waals surface area contributed by atoms with Crippen LogP contribution in [0.4, 0.5) is 0 Å². The van der Waals surface area contributed by atoms with Crippen LogP contribution in [0.25, 0.3) is 0 Å². The van der Waals surface area contributed by atoms with E-state index in [9.17, 15) is 5.11 Å². The van der Waals surface area contributed by atoms with Gasteiger partial charge in [0.2, 0.25) is 0 Å². The minimum Gasteiger partial charge on any atom is -0.487 e. The second-order valence-corrected chi connectivity index (χ2v) is 5.51. The van der Waals surface area contributed by atoms with Crippen LogP contribution < -0.4 is 4.74 Å². The first kappa shape index (κ1) is 13.2. The molecule has 1 aromatic heterocycles. The number of aliphatic hydroxyl groups excluding tert-OH is 1. The Hall–Kier alpha value is -1.81. The molecule has 1 atom stereocenters. The van der Waals surface area contributed by atoms with E-state index in [2.05, 4.69) is 9.55 Å². The molecule has 1 aliphatic rings. The lowest BCUT2D eigenvalue weighted by molar-refractivity contribution is 0.199. The molecule has 1 fully saturated rings. The first-order chi connectivity index (χ1) is 9.65. The van der Waals surface area contributed by atoms with Gasteiger partial charge in [-0.15, -0.1) is 0 Å². The van der Waals surface area contributed by atoms with Crippen molar-refractivity contribution in [3.05, 3.63) is 47.5 Å². The number of aromatic nitrogens is 2. The molecule has 1 heterocycles. The van der Waals surface area contributed by atoms with Gasteiger partial charge in [0, 0.05) is 6.04 Å². The van der Waals surface area contributed by atoms with Crippen LogP contribution in [0.3, 0.4) is 0 Å². The van der Waals surface area contributed by atoms with Crippen LogP contribution in [0, 0.1) is 6.92 Å². The van der Waals surface area contributed by atoms with Crippen molar-refractivity contribution in [3.63, 3.8) is 0 Å². The highest BCUT2D eigenvalue weighted by molar-refractivity contribution is 5.37. The summed E-state index contributed by atoms with van der Waals surface area (Å²) in [5.74, 6) is 0.859. The molecule has 0 saturated heterocycles. The van der Waals surface area contributed by atoms with Crippen molar-refractivity contribution in [1.82, 2.24) is 9.55 Å². The topological polar surface area (TPSA) is 47.3 Å². The first-order valence-electron chi connectivity index (χ1n) is 7.07. The molecule has 1 N–H and O–H groups in total. The summed E-state index contributed by atoms with van der Waals surface area (Å²) in [6, 6.07) is 6.42. The van der Waals surface area contributed by atoms with Gasteiger partial charge in [0.1, 0.15) is 12.4 Å². The number of benzene rings is 1. The number of nitrogens with zero attached hydrogens (tertiary/aromatic N) is 2. The number of aliphatic hydroxyl groups is 1. The van der Waals surface area contributed by atoms with Gasteiger partial charge in [0.15, 0.2) is 0 Å². The molecule has 0 aliphatic heterocycles. The maximum absolute atomic E-state index is 9.57. The Morgan fingerprint density at radius 2 is 2.25 bits per heavy atom. The van der Waals surface area contributed by atoms with Gasteiger partial charge in [-0.25, -0.2) is 4.98 Å². The fourth-order valence-electron chi connectivity index (χ4n) is 2.37. The third-order valence-corrected chi connectivity index (χ3v) is 3.74. The van der Waals surface area contributed by atoms with Gasteiger partial charge in [-0.1, -0.05) is 6.07 Å². The molecule has 0 radical (unpaired) electrons. The Morgan fingerprint density at radius 1 is 1.45 bits per heavy atom. The molecule has 0 amide bonds. The predicted octanol–water partition coefficient (Wildman–Crippen LogP) is 3.16. The Labute approximate surface area is 119 Å². The Balaban J connectivity index is 1.70. The number of aryl methyl sites for hydroxylation is 1. The molecule has 1 aromatic carbocycles. The molecule has 3 rings (SSSR count). The fraction of sp³-hybridized carbons (Fsp3) is 0.438. The van der Waals surface area contributed by atoms with Crippen molar-refractivity contribution >= 4 is 0 Å². The van der Waals surface area contributed by atoms with Crippen LogP contribution in [0.1, 0.15) is 48.7 Å². The van der Waals surface area contributed by atoms with Gasteiger partial charge < -0.3 is 14.4 Å². The third-order valence-electron chi connectivity index (χ3n) is 3.74. The highest BCUT2D eigenvalue weighted by Gasteiger charge is 2.25. The van der Waals surface area contributed by atoms with Gasteiger partial charge in [-0.2, -0.15) is 0 Å². The van der Waals surface area contributed by atoms with Gasteiger partial charge in [-0.3, -0.25) is 0 Å². The van der Waals surface area contributed by atoms with E-state index < -0.39 is 6.10 Å². The molecule has 1 unspecified atom stereocenters. The molecule has 106 valence electrons. The second-order valence-electron chi connectivity index (χ2n) is 5.51. The van der Waals surface area contributed by atoms with E-state index in [1.165, 1.54) is 12.8 Å². The van der Waals surface area contributed by atoms with E-state index in [1.807, 2.05) is 37.6 Å². The van der Waals surface area contributed by atoms with Crippen LogP contribution in [-0.4, -0.2) is 14.7 Å². The zero-order valence-corrected chi connectivity index (χ0v) is 11.9. The maximum atomic E-state index is 9.57. The Kier molecular flexibility index (Phi) is 3.49.